The molecule has 1 unspecified atom stereocenters. The van der Waals surface area contributed by atoms with Crippen LogP contribution in [0.1, 0.15) is 58.3 Å². The van der Waals surface area contributed by atoms with E-state index in [2.05, 4.69) is 4.74 Å². The molecule has 7 heteroatoms. The van der Waals surface area contributed by atoms with Gasteiger partial charge in [0.05, 0.1) is 12.2 Å². The van der Waals surface area contributed by atoms with Gasteiger partial charge in [-0.2, -0.15) is 8.78 Å². The second-order valence-corrected chi connectivity index (χ2v) is 7.57. The fraction of sp³-hybridized carbons (Fsp3) is 0.600. The van der Waals surface area contributed by atoms with Crippen LogP contribution in [-0.2, 0) is 14.3 Å². The van der Waals surface area contributed by atoms with E-state index in [9.17, 15) is 18.4 Å². The Bertz CT molecular complexity index is 633. The molecule has 0 spiro atoms. The summed E-state index contributed by atoms with van der Waals surface area (Å²) in [6.45, 7) is 10.1. The first-order chi connectivity index (χ1) is 12.4. The minimum Gasteiger partial charge on any atom is -0.488 e. The molecule has 5 nitrogen and oxygen atoms in total. The number of halogens is 2. The van der Waals surface area contributed by atoms with E-state index in [1.165, 1.54) is 26.0 Å². The Morgan fingerprint density at radius 1 is 1.07 bits per heavy atom. The van der Waals surface area contributed by atoms with Crippen LogP contribution in [0.5, 0.6) is 5.75 Å². The van der Waals surface area contributed by atoms with Gasteiger partial charge in [-0.05, 0) is 57.4 Å². The van der Waals surface area contributed by atoms with E-state index in [1.54, 1.807) is 19.1 Å². The number of carbonyl (C=O) groups is 2. The van der Waals surface area contributed by atoms with Crippen LogP contribution in [0, 0.1) is 5.92 Å². The minimum atomic E-state index is -3.94. The molecule has 27 heavy (non-hydrogen) atoms. The Morgan fingerprint density at radius 2 is 1.63 bits per heavy atom. The molecule has 1 atom stereocenters. The van der Waals surface area contributed by atoms with Crippen LogP contribution in [0.25, 0.3) is 0 Å². The minimum absolute atomic E-state index is 0.0830. The SMILES string of the molecule is CCCOC(=O)C(F)(F)C(OC(=O)c1ccc(OC(C)(C)C)cc1)C(C)C. The molecule has 0 amide bonds. The molecule has 0 aliphatic carbocycles. The number of hydrogen-bond acceptors (Lipinski definition) is 5. The van der Waals surface area contributed by atoms with E-state index in [0.717, 1.165) is 0 Å². The van der Waals surface area contributed by atoms with Crippen molar-refractivity contribution in [3.63, 3.8) is 0 Å². The highest BCUT2D eigenvalue weighted by atomic mass is 19.3. The summed E-state index contributed by atoms with van der Waals surface area (Å²) >= 11 is 0. The lowest BCUT2D eigenvalue weighted by atomic mass is 10.0. The lowest BCUT2D eigenvalue weighted by molar-refractivity contribution is -0.193. The maximum absolute atomic E-state index is 14.4. The normalized spacial score (nSPS) is 13.2. The molecule has 152 valence electrons. The van der Waals surface area contributed by atoms with Crippen molar-refractivity contribution in [1.29, 1.82) is 0 Å². The lowest BCUT2D eigenvalue weighted by Crippen LogP contribution is -2.48. The summed E-state index contributed by atoms with van der Waals surface area (Å²) in [7, 11) is 0. The van der Waals surface area contributed by atoms with E-state index in [-0.39, 0.29) is 12.2 Å². The van der Waals surface area contributed by atoms with Gasteiger partial charge in [0.25, 0.3) is 0 Å². The molecular formula is C20H28F2O5. The highest BCUT2D eigenvalue weighted by molar-refractivity contribution is 5.90. The fourth-order valence-corrected chi connectivity index (χ4v) is 2.23. The van der Waals surface area contributed by atoms with E-state index < -0.39 is 35.5 Å². The van der Waals surface area contributed by atoms with Gasteiger partial charge < -0.3 is 14.2 Å². The molecule has 0 aliphatic heterocycles. The number of alkyl halides is 2. The molecular weight excluding hydrogens is 358 g/mol. The first kappa shape index (κ1) is 22.9. The van der Waals surface area contributed by atoms with Crippen LogP contribution in [0.2, 0.25) is 0 Å². The van der Waals surface area contributed by atoms with Gasteiger partial charge in [0.1, 0.15) is 11.4 Å². The summed E-state index contributed by atoms with van der Waals surface area (Å²) < 4.78 is 44.0. The third-order valence-electron chi connectivity index (χ3n) is 3.42. The number of ether oxygens (including phenoxy) is 3. The zero-order valence-electron chi connectivity index (χ0n) is 16.7. The van der Waals surface area contributed by atoms with E-state index in [1.807, 2.05) is 20.8 Å². The topological polar surface area (TPSA) is 61.8 Å². The maximum Gasteiger partial charge on any atom is 0.381 e. The third kappa shape index (κ3) is 6.81. The third-order valence-corrected chi connectivity index (χ3v) is 3.42. The maximum atomic E-state index is 14.4. The monoisotopic (exact) mass is 386 g/mol. The molecule has 0 heterocycles. The Morgan fingerprint density at radius 3 is 2.07 bits per heavy atom. The van der Waals surface area contributed by atoms with Crippen molar-refractivity contribution in [1.82, 2.24) is 0 Å². The first-order valence-corrected chi connectivity index (χ1v) is 8.93. The largest absolute Gasteiger partial charge is 0.488 e. The molecule has 0 saturated heterocycles. The molecule has 0 fully saturated rings. The summed E-state index contributed by atoms with van der Waals surface area (Å²) in [4.78, 5) is 24.0. The van der Waals surface area contributed by atoms with Crippen LogP contribution in [0.15, 0.2) is 24.3 Å². The molecule has 0 radical (unpaired) electrons. The molecule has 0 saturated carbocycles. The number of carbonyl (C=O) groups excluding carboxylic acids is 2. The van der Waals surface area contributed by atoms with Gasteiger partial charge in [-0.1, -0.05) is 20.8 Å². The smallest absolute Gasteiger partial charge is 0.381 e. The summed E-state index contributed by atoms with van der Waals surface area (Å²) in [5.41, 5.74) is -0.328. The van der Waals surface area contributed by atoms with E-state index >= 15 is 0 Å². The van der Waals surface area contributed by atoms with Crippen LogP contribution in [0.4, 0.5) is 8.78 Å². The Hall–Kier alpha value is -2.18. The zero-order valence-corrected chi connectivity index (χ0v) is 16.7. The predicted molar refractivity (Wildman–Crippen MR) is 97.1 cm³/mol. The second kappa shape index (κ2) is 9.15. The van der Waals surface area contributed by atoms with Crippen LogP contribution < -0.4 is 4.74 Å². The first-order valence-electron chi connectivity index (χ1n) is 8.93. The Labute approximate surface area is 159 Å². The second-order valence-electron chi connectivity index (χ2n) is 7.57. The summed E-state index contributed by atoms with van der Waals surface area (Å²) in [5, 5.41) is 0. The van der Waals surface area contributed by atoms with Gasteiger partial charge in [-0.15, -0.1) is 0 Å². The highest BCUT2D eigenvalue weighted by Crippen LogP contribution is 2.30. The average molecular weight is 386 g/mol. The van der Waals surface area contributed by atoms with Crippen LogP contribution >= 0.6 is 0 Å². The zero-order chi connectivity index (χ0) is 20.8. The van der Waals surface area contributed by atoms with Gasteiger partial charge in [0.15, 0.2) is 6.10 Å². The van der Waals surface area contributed by atoms with Crippen LogP contribution in [0.3, 0.4) is 0 Å². The van der Waals surface area contributed by atoms with Gasteiger partial charge in [-0.3, -0.25) is 0 Å². The predicted octanol–water partition coefficient (Wildman–Crippen LogP) is 4.63. The van der Waals surface area contributed by atoms with Gasteiger partial charge in [0, 0.05) is 0 Å². The van der Waals surface area contributed by atoms with Crippen molar-refractivity contribution in [2.45, 2.75) is 65.6 Å². The number of esters is 2. The fourth-order valence-electron chi connectivity index (χ4n) is 2.23. The molecule has 0 aliphatic rings. The lowest BCUT2D eigenvalue weighted by Gasteiger charge is -2.28. The average Bonchev–Trinajstić information content (AvgIpc) is 2.55. The molecule has 0 N–H and O–H groups in total. The molecule has 1 aromatic carbocycles. The summed E-state index contributed by atoms with van der Waals surface area (Å²) in [6, 6.07) is 5.96. The van der Waals surface area contributed by atoms with E-state index in [4.69, 9.17) is 9.47 Å². The van der Waals surface area contributed by atoms with Crippen molar-refractivity contribution in [2.75, 3.05) is 6.61 Å². The number of hydrogen-bond donors (Lipinski definition) is 0. The molecule has 1 rings (SSSR count). The van der Waals surface area contributed by atoms with E-state index in [0.29, 0.717) is 12.2 Å². The number of rotatable bonds is 8. The van der Waals surface area contributed by atoms with Crippen molar-refractivity contribution in [3.8, 4) is 5.75 Å². The molecule has 0 aromatic heterocycles. The van der Waals surface area contributed by atoms with Crippen molar-refractivity contribution < 1.29 is 32.6 Å². The van der Waals surface area contributed by atoms with Gasteiger partial charge in [-0.25, -0.2) is 9.59 Å². The standard InChI is InChI=1S/C20H28F2O5/c1-7-12-25-18(24)20(21,22)16(13(2)3)26-17(23)14-8-10-15(11-9-14)27-19(4,5)6/h8-11,13,16H,7,12H2,1-6H3. The van der Waals surface area contributed by atoms with Crippen molar-refractivity contribution in [2.24, 2.45) is 5.92 Å². The van der Waals surface area contributed by atoms with Gasteiger partial charge >= 0.3 is 17.9 Å². The Kier molecular flexibility index (Phi) is 7.75. The van der Waals surface area contributed by atoms with Crippen molar-refractivity contribution in [3.05, 3.63) is 29.8 Å². The van der Waals surface area contributed by atoms with Crippen molar-refractivity contribution >= 4 is 11.9 Å². The van der Waals surface area contributed by atoms with Gasteiger partial charge in [0.2, 0.25) is 0 Å². The number of benzene rings is 1. The molecule has 0 bridgehead atoms. The summed E-state index contributed by atoms with van der Waals surface area (Å²) in [6.07, 6.45) is -1.52. The molecule has 1 aromatic rings. The summed E-state index contributed by atoms with van der Waals surface area (Å²) in [5.74, 6) is -6.83. The highest BCUT2D eigenvalue weighted by Gasteiger charge is 2.52. The Balaban J connectivity index is 2.91. The quantitative estimate of drug-likeness (QED) is 0.610. The van der Waals surface area contributed by atoms with Crippen LogP contribution in [-0.4, -0.2) is 36.2 Å².